The Kier molecular flexibility index (Phi) is 5.36. The van der Waals surface area contributed by atoms with E-state index in [-0.39, 0.29) is 36.7 Å². The van der Waals surface area contributed by atoms with E-state index in [9.17, 15) is 14.4 Å². The van der Waals surface area contributed by atoms with Crippen LogP contribution in [-0.4, -0.2) is 41.8 Å². The fraction of sp³-hybridized carbons (Fsp3) is 0.471. The van der Waals surface area contributed by atoms with Crippen LogP contribution in [0.2, 0.25) is 0 Å². The van der Waals surface area contributed by atoms with Crippen molar-refractivity contribution in [3.05, 3.63) is 29.8 Å². The molecule has 23 heavy (non-hydrogen) atoms. The van der Waals surface area contributed by atoms with Crippen molar-refractivity contribution in [1.82, 2.24) is 10.2 Å². The molecule has 6 heteroatoms. The maximum atomic E-state index is 12.5. The Morgan fingerprint density at radius 1 is 1.30 bits per heavy atom. The first-order valence-corrected chi connectivity index (χ1v) is 7.89. The van der Waals surface area contributed by atoms with Crippen LogP contribution in [0.3, 0.4) is 0 Å². The van der Waals surface area contributed by atoms with Crippen LogP contribution in [0.4, 0.5) is 5.69 Å². The molecule has 6 nitrogen and oxygen atoms in total. The molecule has 0 aromatic heterocycles. The van der Waals surface area contributed by atoms with Crippen molar-refractivity contribution in [3.8, 4) is 0 Å². The van der Waals surface area contributed by atoms with Crippen molar-refractivity contribution in [2.75, 3.05) is 18.4 Å². The van der Waals surface area contributed by atoms with Gasteiger partial charge >= 0.3 is 0 Å². The molecular weight excluding hydrogens is 294 g/mol. The molecular formula is C17H23N3O3. The maximum absolute atomic E-state index is 12.5. The number of fused-ring (bicyclic) bond motifs is 1. The van der Waals surface area contributed by atoms with Crippen LogP contribution < -0.4 is 10.6 Å². The lowest BCUT2D eigenvalue weighted by Crippen LogP contribution is -2.43. The van der Waals surface area contributed by atoms with Gasteiger partial charge in [0.25, 0.3) is 0 Å². The molecule has 1 aromatic rings. The number of hydrogen-bond donors (Lipinski definition) is 2. The number of likely N-dealkylation sites (N-methyl/N-ethyl adjacent to an activating group) is 1. The highest BCUT2D eigenvalue weighted by Crippen LogP contribution is 2.34. The van der Waals surface area contributed by atoms with Gasteiger partial charge in [0.2, 0.25) is 17.7 Å². The van der Waals surface area contributed by atoms with Crippen LogP contribution in [0.1, 0.15) is 38.7 Å². The quantitative estimate of drug-likeness (QED) is 0.834. The second-order valence-electron chi connectivity index (χ2n) is 5.96. The van der Waals surface area contributed by atoms with Gasteiger partial charge in [0.1, 0.15) is 0 Å². The molecule has 1 unspecified atom stereocenters. The van der Waals surface area contributed by atoms with Crippen LogP contribution in [0.15, 0.2) is 24.3 Å². The monoisotopic (exact) mass is 317 g/mol. The SMILES string of the molecule is CCN(CC(=O)NC(C)C)C(=O)CC1C(=O)Nc2ccccc21. The number of benzene rings is 1. The molecule has 1 aliphatic heterocycles. The van der Waals surface area contributed by atoms with Crippen LogP contribution in [0.25, 0.3) is 0 Å². The molecule has 2 rings (SSSR count). The number of hydrogen-bond acceptors (Lipinski definition) is 3. The average Bonchev–Trinajstić information content (AvgIpc) is 2.80. The van der Waals surface area contributed by atoms with Crippen molar-refractivity contribution >= 4 is 23.4 Å². The first-order valence-electron chi connectivity index (χ1n) is 7.89. The standard InChI is InChI=1S/C17H23N3O3/c1-4-20(10-15(21)18-11(2)3)16(22)9-13-12-7-5-6-8-14(12)19-17(13)23/h5-8,11,13H,4,9-10H2,1-3H3,(H,18,21)(H,19,23). The molecule has 2 N–H and O–H groups in total. The fourth-order valence-corrected chi connectivity index (χ4v) is 2.70. The Labute approximate surface area is 136 Å². The van der Waals surface area contributed by atoms with Gasteiger partial charge in [-0.15, -0.1) is 0 Å². The highest BCUT2D eigenvalue weighted by Gasteiger charge is 2.33. The summed E-state index contributed by atoms with van der Waals surface area (Å²) in [5.74, 6) is -1.03. The van der Waals surface area contributed by atoms with E-state index in [1.54, 1.807) is 0 Å². The summed E-state index contributed by atoms with van der Waals surface area (Å²) >= 11 is 0. The molecule has 0 aliphatic carbocycles. The molecule has 0 spiro atoms. The average molecular weight is 317 g/mol. The first kappa shape index (κ1) is 17.0. The third-order valence-electron chi connectivity index (χ3n) is 3.81. The number of carbonyl (C=O) groups is 3. The van der Waals surface area contributed by atoms with Crippen molar-refractivity contribution < 1.29 is 14.4 Å². The number of para-hydroxylation sites is 1. The summed E-state index contributed by atoms with van der Waals surface area (Å²) in [6.45, 7) is 6.01. The third-order valence-corrected chi connectivity index (χ3v) is 3.81. The number of rotatable bonds is 6. The van der Waals surface area contributed by atoms with E-state index < -0.39 is 5.92 Å². The Bertz CT molecular complexity index is 613. The first-order chi connectivity index (χ1) is 10.9. The second-order valence-corrected chi connectivity index (χ2v) is 5.96. The van der Waals surface area contributed by atoms with Gasteiger partial charge in [-0.2, -0.15) is 0 Å². The van der Waals surface area contributed by atoms with E-state index in [0.717, 1.165) is 11.3 Å². The molecule has 0 radical (unpaired) electrons. The minimum atomic E-state index is -0.485. The predicted molar refractivity (Wildman–Crippen MR) is 88.0 cm³/mol. The normalized spacial score (nSPS) is 16.0. The molecule has 0 saturated carbocycles. The van der Waals surface area contributed by atoms with Crippen LogP contribution in [-0.2, 0) is 14.4 Å². The lowest BCUT2D eigenvalue weighted by Gasteiger charge is -2.22. The molecule has 3 amide bonds. The van der Waals surface area contributed by atoms with Crippen molar-refractivity contribution in [2.24, 2.45) is 0 Å². The number of amides is 3. The molecule has 1 atom stereocenters. The minimum Gasteiger partial charge on any atom is -0.352 e. The van der Waals surface area contributed by atoms with Crippen molar-refractivity contribution in [2.45, 2.75) is 39.2 Å². The summed E-state index contributed by atoms with van der Waals surface area (Å²) in [7, 11) is 0. The zero-order valence-electron chi connectivity index (χ0n) is 13.8. The van der Waals surface area contributed by atoms with Crippen LogP contribution >= 0.6 is 0 Å². The number of anilines is 1. The highest BCUT2D eigenvalue weighted by molar-refractivity contribution is 6.05. The second kappa shape index (κ2) is 7.26. The zero-order chi connectivity index (χ0) is 17.0. The number of nitrogens with zero attached hydrogens (tertiary/aromatic N) is 1. The molecule has 1 heterocycles. The van der Waals surface area contributed by atoms with E-state index in [1.165, 1.54) is 4.90 Å². The molecule has 0 fully saturated rings. The van der Waals surface area contributed by atoms with Crippen LogP contribution in [0, 0.1) is 0 Å². The van der Waals surface area contributed by atoms with Gasteiger partial charge in [0, 0.05) is 24.7 Å². The predicted octanol–water partition coefficient (Wildman–Crippen LogP) is 1.49. The summed E-state index contributed by atoms with van der Waals surface area (Å²) in [6, 6.07) is 7.41. The Hall–Kier alpha value is -2.37. The third kappa shape index (κ3) is 4.09. The zero-order valence-corrected chi connectivity index (χ0v) is 13.8. The van der Waals surface area contributed by atoms with Crippen molar-refractivity contribution in [1.29, 1.82) is 0 Å². The van der Waals surface area contributed by atoms with Gasteiger partial charge in [-0.05, 0) is 32.4 Å². The highest BCUT2D eigenvalue weighted by atomic mass is 16.2. The van der Waals surface area contributed by atoms with E-state index in [4.69, 9.17) is 0 Å². The van der Waals surface area contributed by atoms with Gasteiger partial charge in [-0.3, -0.25) is 14.4 Å². The molecule has 0 bridgehead atoms. The van der Waals surface area contributed by atoms with E-state index in [2.05, 4.69) is 10.6 Å². The minimum absolute atomic E-state index is 0.0174. The smallest absolute Gasteiger partial charge is 0.239 e. The Balaban J connectivity index is 2.02. The van der Waals surface area contributed by atoms with Gasteiger partial charge in [0.05, 0.1) is 12.5 Å². The van der Waals surface area contributed by atoms with Gasteiger partial charge in [0.15, 0.2) is 0 Å². The summed E-state index contributed by atoms with van der Waals surface area (Å²) in [4.78, 5) is 37.9. The molecule has 1 aromatic carbocycles. The number of carbonyl (C=O) groups excluding carboxylic acids is 3. The van der Waals surface area contributed by atoms with E-state index in [1.807, 2.05) is 45.0 Å². The molecule has 1 aliphatic rings. The topological polar surface area (TPSA) is 78.5 Å². The molecule has 0 saturated heterocycles. The van der Waals surface area contributed by atoms with Gasteiger partial charge in [-0.1, -0.05) is 18.2 Å². The fourth-order valence-electron chi connectivity index (χ4n) is 2.70. The Morgan fingerprint density at radius 2 is 2.00 bits per heavy atom. The van der Waals surface area contributed by atoms with Gasteiger partial charge in [-0.25, -0.2) is 0 Å². The largest absolute Gasteiger partial charge is 0.352 e. The maximum Gasteiger partial charge on any atom is 0.239 e. The summed E-state index contributed by atoms with van der Waals surface area (Å²) in [5.41, 5.74) is 1.60. The molecule has 124 valence electrons. The summed E-state index contributed by atoms with van der Waals surface area (Å²) in [6.07, 6.45) is 0.0750. The van der Waals surface area contributed by atoms with Crippen LogP contribution in [0.5, 0.6) is 0 Å². The van der Waals surface area contributed by atoms with Crippen molar-refractivity contribution in [3.63, 3.8) is 0 Å². The van der Waals surface area contributed by atoms with E-state index >= 15 is 0 Å². The van der Waals surface area contributed by atoms with Gasteiger partial charge < -0.3 is 15.5 Å². The summed E-state index contributed by atoms with van der Waals surface area (Å²) in [5, 5.41) is 5.56. The lowest BCUT2D eigenvalue weighted by atomic mass is 9.96. The Morgan fingerprint density at radius 3 is 2.65 bits per heavy atom. The number of nitrogens with one attached hydrogen (secondary N) is 2. The summed E-state index contributed by atoms with van der Waals surface area (Å²) < 4.78 is 0. The lowest BCUT2D eigenvalue weighted by molar-refractivity contribution is -0.137. The van der Waals surface area contributed by atoms with E-state index in [0.29, 0.717) is 6.54 Å².